The van der Waals surface area contributed by atoms with Crippen LogP contribution in [0.4, 0.5) is 24.1 Å². The fourth-order valence-electron chi connectivity index (χ4n) is 3.24. The van der Waals surface area contributed by atoms with Crippen LogP contribution in [0.2, 0.25) is 0 Å². The number of nitrogens with zero attached hydrogens (tertiary/aromatic N) is 3. The first-order valence-corrected chi connectivity index (χ1v) is 11.9. The van der Waals surface area contributed by atoms with Crippen molar-refractivity contribution in [3.63, 3.8) is 0 Å². The molecule has 178 valence electrons. The van der Waals surface area contributed by atoms with E-state index in [2.05, 4.69) is 14.5 Å². The molecule has 3 aromatic carbocycles. The number of sulfonamides is 1. The van der Waals surface area contributed by atoms with Crippen LogP contribution in [-0.4, -0.2) is 22.9 Å². The van der Waals surface area contributed by atoms with Crippen LogP contribution in [0.1, 0.15) is 0 Å². The van der Waals surface area contributed by atoms with Crippen LogP contribution in [0, 0.1) is 17.5 Å². The highest BCUT2D eigenvalue weighted by Gasteiger charge is 2.24. The maximum Gasteiger partial charge on any atom is 0.266 e. The van der Waals surface area contributed by atoms with Crippen LogP contribution in [0.5, 0.6) is 11.5 Å². The smallest absolute Gasteiger partial charge is 0.266 e. The molecule has 9 nitrogen and oxygen atoms in total. The zero-order chi connectivity index (χ0) is 24.7. The maximum atomic E-state index is 14.8. The summed E-state index contributed by atoms with van der Waals surface area (Å²) in [5, 5.41) is 4.00. The lowest BCUT2D eigenvalue weighted by Gasteiger charge is -2.14. The van der Waals surface area contributed by atoms with Gasteiger partial charge in [0.2, 0.25) is 5.13 Å². The predicted octanol–water partition coefficient (Wildman–Crippen LogP) is 4.94. The average molecular weight is 519 g/mol. The van der Waals surface area contributed by atoms with E-state index in [1.165, 1.54) is 6.07 Å². The van der Waals surface area contributed by atoms with Crippen molar-refractivity contribution in [1.29, 1.82) is 0 Å². The summed E-state index contributed by atoms with van der Waals surface area (Å²) in [4.78, 5) is 2.69. The number of ether oxygens (including phenoxy) is 1. The second-order valence-electron chi connectivity index (χ2n) is 7.09. The van der Waals surface area contributed by atoms with Crippen molar-refractivity contribution in [3.8, 4) is 22.6 Å². The molecule has 2 heterocycles. The van der Waals surface area contributed by atoms with Crippen molar-refractivity contribution in [2.24, 2.45) is 0 Å². The van der Waals surface area contributed by atoms with Gasteiger partial charge in [0.05, 0.1) is 5.39 Å². The summed E-state index contributed by atoms with van der Waals surface area (Å²) in [5.74, 6) is -3.58. The molecule has 0 saturated heterocycles. The van der Waals surface area contributed by atoms with Gasteiger partial charge in [0.15, 0.2) is 23.0 Å². The van der Waals surface area contributed by atoms with E-state index in [0.717, 1.165) is 30.0 Å². The molecule has 0 saturated carbocycles. The molecule has 0 fully saturated rings. The lowest BCUT2D eigenvalue weighted by Crippen LogP contribution is -2.15. The van der Waals surface area contributed by atoms with Crippen LogP contribution in [-0.2, 0) is 10.0 Å². The molecule has 0 aliphatic carbocycles. The summed E-state index contributed by atoms with van der Waals surface area (Å²) in [6.45, 7) is 0. The zero-order valence-corrected chi connectivity index (χ0v) is 18.8. The number of halogens is 3. The van der Waals surface area contributed by atoms with Gasteiger partial charge in [0.1, 0.15) is 28.6 Å². The fourth-order valence-corrected chi connectivity index (χ4v) is 4.98. The summed E-state index contributed by atoms with van der Waals surface area (Å²) < 4.78 is 84.8. The van der Waals surface area contributed by atoms with E-state index >= 15 is 0 Å². The Morgan fingerprint density at radius 3 is 2.60 bits per heavy atom. The molecule has 14 heteroatoms. The third-order valence-corrected chi connectivity index (χ3v) is 6.89. The van der Waals surface area contributed by atoms with Gasteiger partial charge in [-0.05, 0) is 35.9 Å². The lowest BCUT2D eigenvalue weighted by molar-refractivity contribution is 0.432. The van der Waals surface area contributed by atoms with Crippen molar-refractivity contribution < 1.29 is 30.8 Å². The van der Waals surface area contributed by atoms with Crippen LogP contribution >= 0.6 is 11.5 Å². The summed E-state index contributed by atoms with van der Waals surface area (Å²) in [6, 6.07) is 9.22. The first-order chi connectivity index (χ1) is 16.7. The second-order valence-corrected chi connectivity index (χ2v) is 9.52. The standard InChI is InChI=1S/C21H12F3N5O4S2/c22-11-2-4-16(12(6-11)10-1-3-17-13(5-10)20(25)28-33-17)32-18-7-15(24)19(8-14(18)23)35(30,31)29-21-26-9-27-34-21/h1-9H,(H2,25,28)(H,26,27,29). The number of benzene rings is 3. The number of nitrogens with two attached hydrogens (primary N) is 1. The molecule has 0 amide bonds. The van der Waals surface area contributed by atoms with E-state index in [1.54, 1.807) is 18.2 Å². The summed E-state index contributed by atoms with van der Waals surface area (Å²) in [6.07, 6.45) is 1.10. The van der Waals surface area contributed by atoms with Crippen LogP contribution in [0.25, 0.3) is 22.1 Å². The van der Waals surface area contributed by atoms with Gasteiger partial charge < -0.3 is 15.0 Å². The quantitative estimate of drug-likeness (QED) is 0.322. The highest BCUT2D eigenvalue weighted by Crippen LogP contribution is 2.38. The van der Waals surface area contributed by atoms with Crippen molar-refractivity contribution in [2.45, 2.75) is 4.90 Å². The predicted molar refractivity (Wildman–Crippen MR) is 121 cm³/mol. The van der Waals surface area contributed by atoms with Gasteiger partial charge in [-0.25, -0.2) is 26.6 Å². The van der Waals surface area contributed by atoms with Gasteiger partial charge in [-0.3, -0.25) is 4.72 Å². The molecule has 0 aliphatic heterocycles. The van der Waals surface area contributed by atoms with Crippen LogP contribution < -0.4 is 15.2 Å². The van der Waals surface area contributed by atoms with E-state index in [1.807, 2.05) is 4.72 Å². The molecular weight excluding hydrogens is 507 g/mol. The molecule has 0 bridgehead atoms. The van der Waals surface area contributed by atoms with Gasteiger partial charge >= 0.3 is 0 Å². The molecule has 0 aliphatic rings. The van der Waals surface area contributed by atoms with Crippen molar-refractivity contribution >= 4 is 43.5 Å². The molecule has 5 rings (SSSR count). The normalized spacial score (nSPS) is 11.6. The Labute approximate surface area is 199 Å². The Morgan fingerprint density at radius 2 is 1.83 bits per heavy atom. The van der Waals surface area contributed by atoms with E-state index in [9.17, 15) is 21.6 Å². The van der Waals surface area contributed by atoms with E-state index < -0.39 is 38.1 Å². The van der Waals surface area contributed by atoms with Gasteiger partial charge in [0.25, 0.3) is 10.0 Å². The third-order valence-electron chi connectivity index (χ3n) is 4.83. The summed E-state index contributed by atoms with van der Waals surface area (Å²) in [7, 11) is -4.49. The minimum Gasteiger partial charge on any atom is -0.454 e. The van der Waals surface area contributed by atoms with Gasteiger partial charge in [-0.1, -0.05) is 11.2 Å². The molecule has 35 heavy (non-hydrogen) atoms. The molecular formula is C21H12F3N5O4S2. The van der Waals surface area contributed by atoms with Gasteiger partial charge in [-0.15, -0.1) is 0 Å². The molecule has 0 unspecified atom stereocenters. The number of rotatable bonds is 6. The maximum absolute atomic E-state index is 14.8. The third kappa shape index (κ3) is 4.36. The van der Waals surface area contributed by atoms with E-state index in [0.29, 0.717) is 28.7 Å². The Bertz CT molecular complexity index is 1670. The minimum atomic E-state index is -4.49. The van der Waals surface area contributed by atoms with Crippen molar-refractivity contribution in [2.75, 3.05) is 10.5 Å². The largest absolute Gasteiger partial charge is 0.454 e. The molecule has 0 atom stereocenters. The topological polar surface area (TPSA) is 133 Å². The zero-order valence-electron chi connectivity index (χ0n) is 17.2. The SMILES string of the molecule is Nc1noc2ccc(-c3cc(F)ccc3Oc3cc(F)c(S(=O)(=O)Nc4ncns4)cc3F)cc12. The molecule has 5 aromatic rings. The van der Waals surface area contributed by atoms with Crippen LogP contribution in [0.3, 0.4) is 0 Å². The second kappa shape index (κ2) is 8.56. The summed E-state index contributed by atoms with van der Waals surface area (Å²) >= 11 is 0.722. The number of nitrogens with one attached hydrogen (secondary N) is 1. The number of nitrogen functional groups attached to an aromatic ring is 1. The molecule has 0 spiro atoms. The lowest BCUT2D eigenvalue weighted by atomic mass is 10.0. The first-order valence-electron chi connectivity index (χ1n) is 9.62. The highest BCUT2D eigenvalue weighted by molar-refractivity contribution is 7.93. The van der Waals surface area contributed by atoms with Gasteiger partial charge in [0, 0.05) is 29.2 Å². The minimum absolute atomic E-state index is 0.0262. The summed E-state index contributed by atoms with van der Waals surface area (Å²) in [5.41, 5.74) is 6.81. The Balaban J connectivity index is 1.52. The number of anilines is 2. The molecule has 0 radical (unpaired) electrons. The fraction of sp³-hybridized carbons (Fsp3) is 0. The van der Waals surface area contributed by atoms with Crippen molar-refractivity contribution in [3.05, 3.63) is 72.3 Å². The number of fused-ring (bicyclic) bond motifs is 1. The van der Waals surface area contributed by atoms with Gasteiger partial charge in [-0.2, -0.15) is 4.37 Å². The van der Waals surface area contributed by atoms with E-state index in [-0.39, 0.29) is 22.3 Å². The monoisotopic (exact) mass is 519 g/mol. The Hall–Kier alpha value is -4.17. The first kappa shape index (κ1) is 22.6. The number of aromatic nitrogens is 3. The average Bonchev–Trinajstić information content (AvgIpc) is 3.46. The Kier molecular flexibility index (Phi) is 5.53. The molecule has 2 aromatic heterocycles. The number of hydrogen-bond acceptors (Lipinski definition) is 9. The molecule has 3 N–H and O–H groups in total. The van der Waals surface area contributed by atoms with Crippen molar-refractivity contribution in [1.82, 2.24) is 14.5 Å². The highest BCUT2D eigenvalue weighted by atomic mass is 32.2. The number of hydrogen-bond donors (Lipinski definition) is 2. The van der Waals surface area contributed by atoms with Crippen LogP contribution in [0.15, 0.2) is 64.3 Å². The van der Waals surface area contributed by atoms with E-state index in [4.69, 9.17) is 15.0 Å². The Morgan fingerprint density at radius 1 is 1.00 bits per heavy atom.